The summed E-state index contributed by atoms with van der Waals surface area (Å²) < 4.78 is 46.3. The van der Waals surface area contributed by atoms with Gasteiger partial charge in [-0.1, -0.05) is 6.07 Å². The molecule has 0 spiro atoms. The smallest absolute Gasteiger partial charge is 0.369 e. The third-order valence-electron chi connectivity index (χ3n) is 4.47. The van der Waals surface area contributed by atoms with Gasteiger partial charge in [0.05, 0.1) is 35.4 Å². The number of alkyl halides is 3. The van der Waals surface area contributed by atoms with Crippen molar-refractivity contribution in [3.63, 3.8) is 0 Å². The standard InChI is InChI=1S/C18H17F3N4O/c1-24-7-8-26-16(11-24)14-4-2-3-13(23-14)15-9-22-17-6-5-12(10-25(15)17)18(19,20)21/h2-6,9-10,16H,7-8,11H2,1H3/t16-/m0/s1. The number of halogens is 3. The highest BCUT2D eigenvalue weighted by molar-refractivity contribution is 5.60. The Morgan fingerprint density at radius 2 is 2.04 bits per heavy atom. The zero-order chi connectivity index (χ0) is 18.3. The maximum absolute atomic E-state index is 13.0. The van der Waals surface area contributed by atoms with Gasteiger partial charge in [0.2, 0.25) is 0 Å². The molecule has 26 heavy (non-hydrogen) atoms. The van der Waals surface area contributed by atoms with Crippen LogP contribution in [0.2, 0.25) is 0 Å². The summed E-state index contributed by atoms with van der Waals surface area (Å²) in [6.45, 7) is 2.21. The van der Waals surface area contributed by atoms with Gasteiger partial charge in [-0.3, -0.25) is 4.40 Å². The number of rotatable bonds is 2. The molecule has 0 radical (unpaired) electrons. The van der Waals surface area contributed by atoms with Crippen molar-refractivity contribution >= 4 is 5.65 Å². The average Bonchev–Trinajstić information content (AvgIpc) is 3.04. The first-order valence-corrected chi connectivity index (χ1v) is 8.23. The Kier molecular flexibility index (Phi) is 4.16. The van der Waals surface area contributed by atoms with E-state index in [9.17, 15) is 13.2 Å². The Balaban J connectivity index is 1.74. The van der Waals surface area contributed by atoms with Crippen molar-refractivity contribution < 1.29 is 17.9 Å². The topological polar surface area (TPSA) is 42.7 Å². The number of likely N-dealkylation sites (N-methyl/N-ethyl adjacent to an activating group) is 1. The molecule has 3 aromatic heterocycles. The van der Waals surface area contributed by atoms with E-state index < -0.39 is 11.7 Å². The van der Waals surface area contributed by atoms with Gasteiger partial charge in [-0.15, -0.1) is 0 Å². The molecular formula is C18H17F3N4O. The molecule has 4 rings (SSSR count). The Labute approximate surface area is 148 Å². The molecule has 1 fully saturated rings. The highest BCUT2D eigenvalue weighted by Crippen LogP contribution is 2.31. The van der Waals surface area contributed by atoms with Crippen LogP contribution in [0.4, 0.5) is 13.2 Å². The second-order valence-electron chi connectivity index (χ2n) is 6.36. The summed E-state index contributed by atoms with van der Waals surface area (Å²) in [4.78, 5) is 11.0. The van der Waals surface area contributed by atoms with Crippen LogP contribution < -0.4 is 0 Å². The quantitative estimate of drug-likeness (QED) is 0.701. The maximum Gasteiger partial charge on any atom is 0.417 e. The Morgan fingerprint density at radius 1 is 1.19 bits per heavy atom. The summed E-state index contributed by atoms with van der Waals surface area (Å²) in [5, 5.41) is 0. The van der Waals surface area contributed by atoms with Crippen LogP contribution in [0, 0.1) is 0 Å². The molecule has 0 aliphatic carbocycles. The van der Waals surface area contributed by atoms with Crippen LogP contribution in [0.5, 0.6) is 0 Å². The minimum atomic E-state index is -4.41. The number of hydrogen-bond acceptors (Lipinski definition) is 4. The third-order valence-corrected chi connectivity index (χ3v) is 4.47. The fourth-order valence-electron chi connectivity index (χ4n) is 3.07. The van der Waals surface area contributed by atoms with Gasteiger partial charge in [0.15, 0.2) is 0 Å². The number of hydrogen-bond donors (Lipinski definition) is 0. The molecule has 0 amide bonds. The fourth-order valence-corrected chi connectivity index (χ4v) is 3.07. The Morgan fingerprint density at radius 3 is 2.81 bits per heavy atom. The first-order chi connectivity index (χ1) is 12.4. The minimum Gasteiger partial charge on any atom is -0.369 e. The fraction of sp³-hybridized carbons (Fsp3) is 0.333. The molecule has 0 N–H and O–H groups in total. The Hall–Kier alpha value is -2.45. The summed E-state index contributed by atoms with van der Waals surface area (Å²) in [6, 6.07) is 7.86. The van der Waals surface area contributed by atoms with E-state index in [2.05, 4.69) is 14.9 Å². The lowest BCUT2D eigenvalue weighted by atomic mass is 10.1. The van der Waals surface area contributed by atoms with E-state index in [1.54, 1.807) is 6.07 Å². The van der Waals surface area contributed by atoms with E-state index in [4.69, 9.17) is 4.74 Å². The first-order valence-electron chi connectivity index (χ1n) is 8.23. The van der Waals surface area contributed by atoms with Gasteiger partial charge in [-0.2, -0.15) is 13.2 Å². The van der Waals surface area contributed by atoms with Gasteiger partial charge in [0.1, 0.15) is 11.8 Å². The van der Waals surface area contributed by atoms with Crippen LogP contribution in [0.1, 0.15) is 17.4 Å². The van der Waals surface area contributed by atoms with E-state index in [0.717, 1.165) is 31.0 Å². The van der Waals surface area contributed by atoms with Gasteiger partial charge in [-0.05, 0) is 31.3 Å². The van der Waals surface area contributed by atoms with Crippen LogP contribution in [-0.2, 0) is 10.9 Å². The molecular weight excluding hydrogens is 345 g/mol. The second kappa shape index (κ2) is 6.37. The lowest BCUT2D eigenvalue weighted by Gasteiger charge is -2.29. The summed E-state index contributed by atoms with van der Waals surface area (Å²) in [5.41, 5.74) is 1.55. The van der Waals surface area contributed by atoms with Crippen LogP contribution in [0.25, 0.3) is 17.0 Å². The van der Waals surface area contributed by atoms with Crippen LogP contribution >= 0.6 is 0 Å². The van der Waals surface area contributed by atoms with Crippen molar-refractivity contribution in [2.24, 2.45) is 0 Å². The number of pyridine rings is 2. The van der Waals surface area contributed by atoms with E-state index in [-0.39, 0.29) is 6.10 Å². The van der Waals surface area contributed by atoms with Crippen molar-refractivity contribution in [2.45, 2.75) is 12.3 Å². The monoisotopic (exact) mass is 362 g/mol. The summed E-state index contributed by atoms with van der Waals surface area (Å²) in [6.07, 6.45) is -1.98. The van der Waals surface area contributed by atoms with E-state index >= 15 is 0 Å². The highest BCUT2D eigenvalue weighted by Gasteiger charge is 2.31. The SMILES string of the molecule is CN1CCO[C@H](c2cccc(-c3cnc4ccc(C(F)(F)F)cn34)n2)C1. The van der Waals surface area contributed by atoms with Crippen molar-refractivity contribution in [1.29, 1.82) is 0 Å². The molecule has 0 bridgehead atoms. The number of aromatic nitrogens is 3. The molecule has 1 atom stereocenters. The number of imidazole rings is 1. The van der Waals surface area contributed by atoms with Gasteiger partial charge in [-0.25, -0.2) is 9.97 Å². The van der Waals surface area contributed by atoms with Crippen LogP contribution in [0.3, 0.4) is 0 Å². The zero-order valence-corrected chi connectivity index (χ0v) is 14.1. The molecule has 0 saturated carbocycles. The Bertz CT molecular complexity index is 938. The van der Waals surface area contributed by atoms with Crippen LogP contribution in [-0.4, -0.2) is 46.0 Å². The molecule has 1 aliphatic heterocycles. The van der Waals surface area contributed by atoms with Crippen molar-refractivity contribution in [2.75, 3.05) is 26.7 Å². The van der Waals surface area contributed by atoms with Crippen LogP contribution in [0.15, 0.2) is 42.7 Å². The van der Waals surface area contributed by atoms with E-state index in [1.165, 1.54) is 16.7 Å². The molecule has 0 unspecified atom stereocenters. The lowest BCUT2D eigenvalue weighted by Crippen LogP contribution is -2.35. The summed E-state index contributed by atoms with van der Waals surface area (Å²) >= 11 is 0. The normalized spacial score (nSPS) is 19.2. The molecule has 1 aliphatic rings. The third kappa shape index (κ3) is 3.17. The molecule has 1 saturated heterocycles. The number of nitrogens with zero attached hydrogens (tertiary/aromatic N) is 4. The first kappa shape index (κ1) is 17.0. The maximum atomic E-state index is 13.0. The van der Waals surface area contributed by atoms with Crippen molar-refractivity contribution in [1.82, 2.24) is 19.3 Å². The largest absolute Gasteiger partial charge is 0.417 e. The molecule has 136 valence electrons. The molecule has 8 heteroatoms. The molecule has 4 heterocycles. The van der Waals surface area contributed by atoms with Crippen molar-refractivity contribution in [3.05, 3.63) is 54.0 Å². The average molecular weight is 362 g/mol. The minimum absolute atomic E-state index is 0.154. The van der Waals surface area contributed by atoms with E-state index in [0.29, 0.717) is 23.6 Å². The van der Waals surface area contributed by atoms with Gasteiger partial charge < -0.3 is 9.64 Å². The van der Waals surface area contributed by atoms with E-state index in [1.807, 2.05) is 19.2 Å². The number of morpholine rings is 1. The lowest BCUT2D eigenvalue weighted by molar-refractivity contribution is -0.137. The second-order valence-corrected chi connectivity index (χ2v) is 6.36. The predicted octanol–water partition coefficient (Wildman–Crippen LogP) is 3.42. The number of ether oxygens (including phenoxy) is 1. The predicted molar refractivity (Wildman–Crippen MR) is 89.6 cm³/mol. The summed E-state index contributed by atoms with van der Waals surface area (Å²) in [7, 11) is 2.02. The van der Waals surface area contributed by atoms with Gasteiger partial charge in [0.25, 0.3) is 0 Å². The van der Waals surface area contributed by atoms with Crippen molar-refractivity contribution in [3.8, 4) is 11.4 Å². The van der Waals surface area contributed by atoms with Gasteiger partial charge >= 0.3 is 6.18 Å². The molecule has 3 aromatic rings. The number of fused-ring (bicyclic) bond motifs is 1. The highest BCUT2D eigenvalue weighted by atomic mass is 19.4. The summed E-state index contributed by atoms with van der Waals surface area (Å²) in [5.74, 6) is 0. The molecule has 5 nitrogen and oxygen atoms in total. The molecule has 0 aromatic carbocycles. The zero-order valence-electron chi connectivity index (χ0n) is 14.1. The van der Waals surface area contributed by atoms with Gasteiger partial charge in [0, 0.05) is 19.3 Å².